The highest BCUT2D eigenvalue weighted by Gasteiger charge is 2.71. The number of hydrogen-bond donors (Lipinski definition) is 3. The van der Waals surface area contributed by atoms with Crippen LogP contribution in [0.4, 0.5) is 0 Å². The molecule has 1 aromatic carbocycles. The maximum atomic E-state index is 12.8. The van der Waals surface area contributed by atoms with Gasteiger partial charge in [0, 0.05) is 12.0 Å². The summed E-state index contributed by atoms with van der Waals surface area (Å²) in [7, 11) is 1.51. The molecule has 31 heavy (non-hydrogen) atoms. The molecule has 4 rings (SSSR count). The maximum Gasteiger partial charge on any atom is 0.329 e. The summed E-state index contributed by atoms with van der Waals surface area (Å²) in [5.74, 6) is -4.23. The van der Waals surface area contributed by atoms with Gasteiger partial charge in [0.25, 0.3) is 0 Å². The van der Waals surface area contributed by atoms with Gasteiger partial charge in [0.2, 0.25) is 5.91 Å². The summed E-state index contributed by atoms with van der Waals surface area (Å²) in [6.45, 7) is -0.240. The Kier molecular flexibility index (Phi) is 5.42. The topological polar surface area (TPSA) is 158 Å². The molecule has 1 aromatic rings. The minimum atomic E-state index is -1.85. The Morgan fingerprint density at radius 1 is 1.16 bits per heavy atom. The lowest BCUT2D eigenvalue weighted by Crippen LogP contribution is -2.53. The van der Waals surface area contributed by atoms with Crippen molar-refractivity contribution in [3.8, 4) is 5.75 Å². The number of aliphatic carboxylic acids is 2. The molecule has 1 amide bonds. The summed E-state index contributed by atoms with van der Waals surface area (Å²) in [6, 6.07) is 4.92. The van der Waals surface area contributed by atoms with E-state index in [1.165, 1.54) is 7.11 Å². The Labute approximate surface area is 176 Å². The van der Waals surface area contributed by atoms with Crippen LogP contribution in [0.3, 0.4) is 0 Å². The van der Waals surface area contributed by atoms with E-state index in [1.807, 2.05) is 0 Å². The summed E-state index contributed by atoms with van der Waals surface area (Å²) >= 11 is 0. The molecule has 3 saturated heterocycles. The van der Waals surface area contributed by atoms with E-state index < -0.39 is 60.1 Å². The number of ketones is 1. The van der Waals surface area contributed by atoms with Crippen molar-refractivity contribution < 1.29 is 48.3 Å². The molecule has 3 N–H and O–H groups in total. The predicted octanol–water partition coefficient (Wildman–Crippen LogP) is -0.179. The molecule has 3 fully saturated rings. The van der Waals surface area contributed by atoms with E-state index in [1.54, 1.807) is 24.3 Å². The first-order chi connectivity index (χ1) is 14.8. The molecular weight excluding hydrogens is 414 g/mol. The predicted molar refractivity (Wildman–Crippen MR) is 99.5 cm³/mol. The van der Waals surface area contributed by atoms with Gasteiger partial charge in [0.15, 0.2) is 11.8 Å². The number of nitrogens with one attached hydrogen (secondary N) is 1. The quantitative estimate of drug-likeness (QED) is 0.491. The van der Waals surface area contributed by atoms with Gasteiger partial charge in [-0.2, -0.15) is 0 Å². The summed E-state index contributed by atoms with van der Waals surface area (Å²) in [5.41, 5.74) is -1.44. The van der Waals surface area contributed by atoms with E-state index in [4.69, 9.17) is 18.9 Å². The van der Waals surface area contributed by atoms with Crippen LogP contribution in [0.25, 0.3) is 0 Å². The largest absolute Gasteiger partial charge is 0.497 e. The minimum Gasteiger partial charge on any atom is -0.497 e. The molecule has 11 heteroatoms. The molecular formula is C20H21NO10. The number of hydrogen-bond acceptors (Lipinski definition) is 8. The first-order valence-electron chi connectivity index (χ1n) is 9.60. The first kappa shape index (κ1) is 21.2. The maximum absolute atomic E-state index is 12.8. The number of ether oxygens (including phenoxy) is 4. The summed E-state index contributed by atoms with van der Waals surface area (Å²) in [6.07, 6.45) is -3.60. The van der Waals surface area contributed by atoms with E-state index in [-0.39, 0.29) is 19.0 Å². The highest BCUT2D eigenvalue weighted by atomic mass is 16.7. The highest BCUT2D eigenvalue weighted by Crippen LogP contribution is 2.49. The molecule has 0 radical (unpaired) electrons. The summed E-state index contributed by atoms with van der Waals surface area (Å²) in [5, 5.41) is 21.3. The number of rotatable bonds is 7. The molecule has 0 aliphatic carbocycles. The molecule has 0 bridgehead atoms. The second-order valence-corrected chi connectivity index (χ2v) is 7.68. The van der Waals surface area contributed by atoms with E-state index in [9.17, 15) is 29.4 Å². The van der Waals surface area contributed by atoms with Crippen LogP contribution in [0.5, 0.6) is 5.75 Å². The smallest absolute Gasteiger partial charge is 0.329 e. The van der Waals surface area contributed by atoms with Gasteiger partial charge in [-0.25, -0.2) is 4.79 Å². The van der Waals surface area contributed by atoms with E-state index in [0.717, 1.165) is 0 Å². The standard InChI is InChI=1S/C20H21NO10/c1-28-10-4-2-9(3-5-10)11(22)6-12-15-16(30-8-29-12)14-18(25)21-17(19(26)27)20(14,31-15)7-13(23)24/h2-5,12,14-17H,6-8H2,1H3,(H,21,25)(H,23,24)(H,26,27)/t12-,14-,15+,16+,17+,20-/m1/s1. The normalized spacial score (nSPS) is 33.8. The van der Waals surface area contributed by atoms with E-state index in [0.29, 0.717) is 11.3 Å². The monoisotopic (exact) mass is 435 g/mol. The fourth-order valence-corrected chi connectivity index (χ4v) is 4.63. The number of carbonyl (C=O) groups is 4. The van der Waals surface area contributed by atoms with Crippen LogP contribution in [0, 0.1) is 5.92 Å². The molecule has 11 nitrogen and oxygen atoms in total. The number of carboxylic acids is 2. The number of carbonyl (C=O) groups excluding carboxylic acids is 2. The van der Waals surface area contributed by atoms with Gasteiger partial charge in [0.1, 0.15) is 30.4 Å². The van der Waals surface area contributed by atoms with Crippen LogP contribution in [0.15, 0.2) is 24.3 Å². The zero-order valence-corrected chi connectivity index (χ0v) is 16.5. The van der Waals surface area contributed by atoms with Crippen LogP contribution in [-0.2, 0) is 28.6 Å². The van der Waals surface area contributed by atoms with Crippen molar-refractivity contribution in [2.75, 3.05) is 13.9 Å². The number of benzene rings is 1. The lowest BCUT2D eigenvalue weighted by Gasteiger charge is -2.34. The van der Waals surface area contributed by atoms with Crippen LogP contribution in [0.1, 0.15) is 23.2 Å². The van der Waals surface area contributed by atoms with Gasteiger partial charge in [-0.15, -0.1) is 0 Å². The van der Waals surface area contributed by atoms with Gasteiger partial charge in [-0.3, -0.25) is 14.4 Å². The van der Waals surface area contributed by atoms with Gasteiger partial charge in [0.05, 0.1) is 25.6 Å². The Morgan fingerprint density at radius 2 is 1.87 bits per heavy atom. The number of carboxylic acid groups (broad SMARTS) is 2. The summed E-state index contributed by atoms with van der Waals surface area (Å²) in [4.78, 5) is 48.6. The fourth-order valence-electron chi connectivity index (χ4n) is 4.63. The van der Waals surface area contributed by atoms with Crippen LogP contribution in [0.2, 0.25) is 0 Å². The zero-order valence-electron chi connectivity index (χ0n) is 16.5. The third-order valence-electron chi connectivity index (χ3n) is 5.97. The number of methoxy groups -OCH3 is 1. The van der Waals surface area contributed by atoms with Gasteiger partial charge < -0.3 is 34.5 Å². The van der Waals surface area contributed by atoms with Gasteiger partial charge in [-0.1, -0.05) is 0 Å². The number of fused-ring (bicyclic) bond motifs is 3. The second-order valence-electron chi connectivity index (χ2n) is 7.68. The molecule has 0 spiro atoms. The number of amides is 1. The van der Waals surface area contributed by atoms with Crippen molar-refractivity contribution in [1.82, 2.24) is 5.32 Å². The third-order valence-corrected chi connectivity index (χ3v) is 5.97. The van der Waals surface area contributed by atoms with Gasteiger partial charge in [-0.05, 0) is 24.3 Å². The first-order valence-corrected chi connectivity index (χ1v) is 9.60. The minimum absolute atomic E-state index is 0.119. The van der Waals surface area contributed by atoms with E-state index in [2.05, 4.69) is 5.32 Å². The molecule has 0 saturated carbocycles. The number of Topliss-reactive ketones (excluding diaryl/α,β-unsaturated/α-hetero) is 1. The Balaban J connectivity index is 1.60. The van der Waals surface area contributed by atoms with Crippen molar-refractivity contribution in [2.24, 2.45) is 5.92 Å². The molecule has 166 valence electrons. The molecule has 3 heterocycles. The fraction of sp³-hybridized carbons (Fsp3) is 0.500. The average molecular weight is 435 g/mol. The second kappa shape index (κ2) is 7.91. The molecule has 3 aliphatic heterocycles. The Bertz CT molecular complexity index is 915. The summed E-state index contributed by atoms with van der Waals surface area (Å²) < 4.78 is 22.1. The van der Waals surface area contributed by atoms with Crippen LogP contribution in [-0.4, -0.2) is 77.7 Å². The van der Waals surface area contributed by atoms with Crippen molar-refractivity contribution in [3.63, 3.8) is 0 Å². The Morgan fingerprint density at radius 3 is 2.48 bits per heavy atom. The van der Waals surface area contributed by atoms with Gasteiger partial charge >= 0.3 is 11.9 Å². The molecule has 0 aromatic heterocycles. The van der Waals surface area contributed by atoms with Crippen LogP contribution < -0.4 is 10.1 Å². The SMILES string of the molecule is COc1ccc(C(=O)C[C@H]2OCO[C@@H]3[C@H]2O[C@@]2(CC(=O)O)[C@H](C(=O)O)NC(=O)[C@@H]32)cc1. The Hall–Kier alpha value is -3.02. The van der Waals surface area contributed by atoms with Crippen molar-refractivity contribution in [3.05, 3.63) is 29.8 Å². The van der Waals surface area contributed by atoms with Crippen LogP contribution >= 0.6 is 0 Å². The van der Waals surface area contributed by atoms with Crippen molar-refractivity contribution in [1.29, 1.82) is 0 Å². The molecule has 6 atom stereocenters. The molecule has 3 aliphatic rings. The molecule has 0 unspecified atom stereocenters. The van der Waals surface area contributed by atoms with Crippen molar-refractivity contribution in [2.45, 2.75) is 42.8 Å². The lowest BCUT2D eigenvalue weighted by atomic mass is 9.80. The van der Waals surface area contributed by atoms with Crippen molar-refractivity contribution >= 4 is 23.6 Å². The highest BCUT2D eigenvalue weighted by molar-refractivity contribution is 5.97. The third kappa shape index (κ3) is 3.54. The average Bonchev–Trinajstić information content (AvgIpc) is 3.20. The lowest BCUT2D eigenvalue weighted by molar-refractivity contribution is -0.227. The zero-order chi connectivity index (χ0) is 22.3. The van der Waals surface area contributed by atoms with E-state index >= 15 is 0 Å².